The number of ketones is 1. The Hall–Kier alpha value is -3.08. The number of carbonyl (C=O) groups is 2. The first-order valence-corrected chi connectivity index (χ1v) is 6.99. The van der Waals surface area contributed by atoms with Crippen LogP contribution in [0.3, 0.4) is 0 Å². The van der Waals surface area contributed by atoms with Crippen molar-refractivity contribution in [2.24, 2.45) is 0 Å². The molecule has 1 aromatic heterocycles. The van der Waals surface area contributed by atoms with Crippen LogP contribution in [-0.2, 0) is 11.2 Å². The monoisotopic (exact) mass is 310 g/mol. The van der Waals surface area contributed by atoms with Crippen molar-refractivity contribution in [3.63, 3.8) is 0 Å². The van der Waals surface area contributed by atoms with Gasteiger partial charge in [-0.25, -0.2) is 0 Å². The maximum Gasteiger partial charge on any atom is 0.307 e. The second-order valence-electron chi connectivity index (χ2n) is 5.11. The molecular formula is C18H14O5. The summed E-state index contributed by atoms with van der Waals surface area (Å²) in [5.74, 6) is -0.514. The first kappa shape index (κ1) is 14.8. The van der Waals surface area contributed by atoms with Crippen LogP contribution in [0.2, 0.25) is 0 Å². The number of benzene rings is 2. The Morgan fingerprint density at radius 1 is 1.13 bits per heavy atom. The zero-order chi connectivity index (χ0) is 16.4. The minimum absolute atomic E-state index is 0.149. The molecule has 0 saturated carbocycles. The SMILES string of the molecule is COc1ccc(C(=O)c2cc(CC(=O)O)cc3ccoc23)cc1. The van der Waals surface area contributed by atoms with Gasteiger partial charge in [0.05, 0.1) is 25.4 Å². The number of carbonyl (C=O) groups excluding carboxylic acids is 1. The lowest BCUT2D eigenvalue weighted by molar-refractivity contribution is -0.136. The van der Waals surface area contributed by atoms with E-state index >= 15 is 0 Å². The molecule has 0 fully saturated rings. The van der Waals surface area contributed by atoms with E-state index in [0.29, 0.717) is 33.4 Å². The van der Waals surface area contributed by atoms with Gasteiger partial charge in [0.1, 0.15) is 11.3 Å². The van der Waals surface area contributed by atoms with Gasteiger partial charge in [-0.2, -0.15) is 0 Å². The quantitative estimate of drug-likeness (QED) is 0.732. The summed E-state index contributed by atoms with van der Waals surface area (Å²) in [6.07, 6.45) is 1.34. The Bertz CT molecular complexity index is 874. The van der Waals surface area contributed by atoms with Gasteiger partial charge < -0.3 is 14.3 Å². The Morgan fingerprint density at radius 3 is 2.52 bits per heavy atom. The molecule has 5 nitrogen and oxygen atoms in total. The standard InChI is InChI=1S/C18H14O5/c1-22-14-4-2-12(3-5-14)17(21)15-9-11(10-16(19)20)8-13-6-7-23-18(13)15/h2-9H,10H2,1H3,(H,19,20). The van der Waals surface area contributed by atoms with E-state index in [9.17, 15) is 9.59 Å². The molecule has 0 spiro atoms. The molecule has 0 atom stereocenters. The van der Waals surface area contributed by atoms with Gasteiger partial charge in [0.2, 0.25) is 0 Å². The van der Waals surface area contributed by atoms with E-state index in [4.69, 9.17) is 14.3 Å². The minimum Gasteiger partial charge on any atom is -0.497 e. The second kappa shape index (κ2) is 5.96. The predicted octanol–water partition coefficient (Wildman–Crippen LogP) is 3.30. The van der Waals surface area contributed by atoms with E-state index in [0.717, 1.165) is 0 Å². The Morgan fingerprint density at radius 2 is 1.87 bits per heavy atom. The first-order valence-electron chi connectivity index (χ1n) is 6.99. The molecule has 1 heterocycles. The molecule has 0 aliphatic rings. The normalized spacial score (nSPS) is 10.7. The number of rotatable bonds is 5. The van der Waals surface area contributed by atoms with Gasteiger partial charge in [-0.3, -0.25) is 9.59 Å². The fraction of sp³-hybridized carbons (Fsp3) is 0.111. The lowest BCUT2D eigenvalue weighted by Crippen LogP contribution is -2.05. The zero-order valence-corrected chi connectivity index (χ0v) is 12.4. The number of hydrogen-bond donors (Lipinski definition) is 1. The van der Waals surface area contributed by atoms with E-state index in [1.54, 1.807) is 49.6 Å². The van der Waals surface area contributed by atoms with Gasteiger partial charge >= 0.3 is 5.97 Å². The number of carboxylic acids is 1. The average molecular weight is 310 g/mol. The highest BCUT2D eigenvalue weighted by Crippen LogP contribution is 2.25. The molecule has 0 amide bonds. The fourth-order valence-electron chi connectivity index (χ4n) is 2.49. The van der Waals surface area contributed by atoms with Crippen LogP contribution in [0.25, 0.3) is 11.0 Å². The number of fused-ring (bicyclic) bond motifs is 1. The van der Waals surface area contributed by atoms with Crippen molar-refractivity contribution in [2.45, 2.75) is 6.42 Å². The summed E-state index contributed by atoms with van der Waals surface area (Å²) in [7, 11) is 1.55. The summed E-state index contributed by atoms with van der Waals surface area (Å²) in [5, 5.41) is 9.68. The molecule has 0 saturated heterocycles. The van der Waals surface area contributed by atoms with Gasteiger partial charge in [0.15, 0.2) is 5.78 Å². The number of ether oxygens (including phenoxy) is 1. The lowest BCUT2D eigenvalue weighted by Gasteiger charge is -2.06. The molecule has 3 rings (SSSR count). The molecular weight excluding hydrogens is 296 g/mol. The average Bonchev–Trinajstić information content (AvgIpc) is 3.01. The third kappa shape index (κ3) is 2.94. The summed E-state index contributed by atoms with van der Waals surface area (Å²) in [5.41, 5.74) is 1.85. The van der Waals surface area contributed by atoms with Crippen molar-refractivity contribution in [2.75, 3.05) is 7.11 Å². The number of carboxylic acid groups (broad SMARTS) is 1. The molecule has 0 aliphatic carbocycles. The summed E-state index contributed by atoms with van der Waals surface area (Å²) in [6, 6.07) is 11.7. The second-order valence-corrected chi connectivity index (χ2v) is 5.11. The highest BCUT2D eigenvalue weighted by Gasteiger charge is 2.17. The van der Waals surface area contributed by atoms with E-state index < -0.39 is 5.97 Å². The van der Waals surface area contributed by atoms with Crippen LogP contribution in [0.5, 0.6) is 5.75 Å². The van der Waals surface area contributed by atoms with Crippen LogP contribution >= 0.6 is 0 Å². The van der Waals surface area contributed by atoms with Crippen LogP contribution in [-0.4, -0.2) is 24.0 Å². The molecule has 2 aromatic carbocycles. The third-order valence-electron chi connectivity index (χ3n) is 3.56. The summed E-state index contributed by atoms with van der Waals surface area (Å²) < 4.78 is 10.5. The number of furan rings is 1. The molecule has 0 unspecified atom stereocenters. The highest BCUT2D eigenvalue weighted by atomic mass is 16.5. The molecule has 0 radical (unpaired) electrons. The lowest BCUT2D eigenvalue weighted by atomic mass is 9.98. The third-order valence-corrected chi connectivity index (χ3v) is 3.56. The zero-order valence-electron chi connectivity index (χ0n) is 12.4. The summed E-state index contributed by atoms with van der Waals surface area (Å²) in [6.45, 7) is 0. The van der Waals surface area contributed by atoms with E-state index in [-0.39, 0.29) is 12.2 Å². The van der Waals surface area contributed by atoms with Crippen LogP contribution < -0.4 is 4.74 Å². The van der Waals surface area contributed by atoms with Crippen LogP contribution in [0.15, 0.2) is 53.1 Å². The maximum atomic E-state index is 12.7. The molecule has 1 N–H and O–H groups in total. The Balaban J connectivity index is 2.07. The predicted molar refractivity (Wildman–Crippen MR) is 84.0 cm³/mol. The maximum absolute atomic E-state index is 12.7. The van der Waals surface area contributed by atoms with E-state index in [2.05, 4.69) is 0 Å². The van der Waals surface area contributed by atoms with E-state index in [1.807, 2.05) is 0 Å². The van der Waals surface area contributed by atoms with Crippen LogP contribution in [0.4, 0.5) is 0 Å². The van der Waals surface area contributed by atoms with Crippen molar-refractivity contribution >= 4 is 22.7 Å². The fourth-order valence-corrected chi connectivity index (χ4v) is 2.49. The van der Waals surface area contributed by atoms with Gasteiger partial charge in [0.25, 0.3) is 0 Å². The Kier molecular flexibility index (Phi) is 3.85. The first-order chi connectivity index (χ1) is 11.1. The van der Waals surface area contributed by atoms with Crippen molar-refractivity contribution < 1.29 is 23.8 Å². The van der Waals surface area contributed by atoms with Gasteiger partial charge in [-0.05, 0) is 48.0 Å². The highest BCUT2D eigenvalue weighted by molar-refractivity contribution is 6.15. The number of hydrogen-bond acceptors (Lipinski definition) is 4. The topological polar surface area (TPSA) is 76.7 Å². The van der Waals surface area contributed by atoms with Gasteiger partial charge in [-0.15, -0.1) is 0 Å². The molecule has 3 aromatic rings. The van der Waals surface area contributed by atoms with Crippen molar-refractivity contribution in [1.82, 2.24) is 0 Å². The van der Waals surface area contributed by atoms with Gasteiger partial charge in [0, 0.05) is 10.9 Å². The summed E-state index contributed by atoms with van der Waals surface area (Å²) in [4.78, 5) is 23.7. The number of methoxy groups -OCH3 is 1. The van der Waals surface area contributed by atoms with E-state index in [1.165, 1.54) is 6.26 Å². The number of aliphatic carboxylic acids is 1. The molecule has 5 heteroatoms. The molecule has 116 valence electrons. The van der Waals surface area contributed by atoms with Gasteiger partial charge in [-0.1, -0.05) is 0 Å². The largest absolute Gasteiger partial charge is 0.497 e. The molecule has 0 bridgehead atoms. The smallest absolute Gasteiger partial charge is 0.307 e. The minimum atomic E-state index is -0.948. The van der Waals surface area contributed by atoms with Crippen molar-refractivity contribution in [3.8, 4) is 5.75 Å². The van der Waals surface area contributed by atoms with Crippen LogP contribution in [0.1, 0.15) is 21.5 Å². The van der Waals surface area contributed by atoms with Crippen LogP contribution in [0, 0.1) is 0 Å². The molecule has 23 heavy (non-hydrogen) atoms. The molecule has 0 aliphatic heterocycles. The van der Waals surface area contributed by atoms with Crippen molar-refractivity contribution in [1.29, 1.82) is 0 Å². The summed E-state index contributed by atoms with van der Waals surface area (Å²) >= 11 is 0. The Labute approximate surface area is 132 Å². The van der Waals surface area contributed by atoms with Crippen molar-refractivity contribution in [3.05, 3.63) is 65.4 Å².